The van der Waals surface area contributed by atoms with Crippen LogP contribution in [0.5, 0.6) is 0 Å². The van der Waals surface area contributed by atoms with Crippen molar-refractivity contribution in [1.82, 2.24) is 20.4 Å². The van der Waals surface area contributed by atoms with Crippen LogP contribution >= 0.6 is 0 Å². The Kier molecular flexibility index (Phi) is 5.08. The average molecular weight is 415 g/mol. The number of aromatic nitrogens is 2. The van der Waals surface area contributed by atoms with E-state index in [1.807, 2.05) is 42.6 Å². The lowest BCUT2D eigenvalue weighted by Crippen LogP contribution is -2.43. The Morgan fingerprint density at radius 2 is 2.06 bits per heavy atom. The monoisotopic (exact) mass is 414 g/mol. The van der Waals surface area contributed by atoms with Crippen LogP contribution in [0.3, 0.4) is 0 Å². The molecular formula is C25H26N4O2. The molecule has 6 nitrogen and oxygen atoms in total. The van der Waals surface area contributed by atoms with Crippen molar-refractivity contribution in [2.75, 3.05) is 20.1 Å². The normalized spacial score (nSPS) is 19.1. The smallest absolute Gasteiger partial charge is 0.227 e. The molecule has 1 fully saturated rings. The second-order valence-electron chi connectivity index (χ2n) is 8.44. The van der Waals surface area contributed by atoms with Crippen molar-refractivity contribution in [2.45, 2.75) is 19.4 Å². The third kappa shape index (κ3) is 3.86. The first kappa shape index (κ1) is 19.6. The fraction of sp³-hybridized carbons (Fsp3) is 0.280. The maximum atomic E-state index is 13.0. The number of aromatic amines is 1. The van der Waals surface area contributed by atoms with E-state index in [9.17, 15) is 4.79 Å². The number of nitrogens with zero attached hydrogens (tertiary/aromatic N) is 2. The van der Waals surface area contributed by atoms with Crippen LogP contribution in [0.4, 0.5) is 0 Å². The van der Waals surface area contributed by atoms with E-state index in [2.05, 4.69) is 44.6 Å². The molecule has 3 heterocycles. The zero-order valence-corrected chi connectivity index (χ0v) is 17.6. The zero-order valence-electron chi connectivity index (χ0n) is 17.6. The second-order valence-corrected chi connectivity index (χ2v) is 8.44. The van der Waals surface area contributed by atoms with Crippen molar-refractivity contribution >= 4 is 16.8 Å². The van der Waals surface area contributed by atoms with E-state index >= 15 is 0 Å². The predicted octanol–water partition coefficient (Wildman–Crippen LogP) is 4.00. The van der Waals surface area contributed by atoms with Crippen LogP contribution in [0, 0.1) is 5.41 Å². The number of amides is 1. The van der Waals surface area contributed by atoms with Crippen LogP contribution < -0.4 is 5.32 Å². The molecule has 1 atom stereocenters. The van der Waals surface area contributed by atoms with Gasteiger partial charge in [-0.3, -0.25) is 9.69 Å². The Morgan fingerprint density at radius 3 is 2.90 bits per heavy atom. The molecule has 0 aliphatic carbocycles. The second kappa shape index (κ2) is 8.04. The molecule has 1 saturated heterocycles. The summed E-state index contributed by atoms with van der Waals surface area (Å²) in [6.07, 6.45) is 3.29. The fourth-order valence-electron chi connectivity index (χ4n) is 4.70. The average Bonchev–Trinajstić information content (AvgIpc) is 3.54. The molecule has 1 amide bonds. The van der Waals surface area contributed by atoms with Gasteiger partial charge in [0.25, 0.3) is 0 Å². The number of nitrogens with one attached hydrogen (secondary N) is 2. The quantitative estimate of drug-likeness (QED) is 0.500. The first-order chi connectivity index (χ1) is 15.1. The van der Waals surface area contributed by atoms with Gasteiger partial charge in [-0.2, -0.15) is 0 Å². The van der Waals surface area contributed by atoms with E-state index in [1.165, 1.54) is 10.9 Å². The predicted molar refractivity (Wildman–Crippen MR) is 120 cm³/mol. The molecule has 5 rings (SSSR count). The lowest BCUT2D eigenvalue weighted by Gasteiger charge is -2.26. The highest BCUT2D eigenvalue weighted by Crippen LogP contribution is 2.36. The third-order valence-corrected chi connectivity index (χ3v) is 6.31. The van der Waals surface area contributed by atoms with Crippen LogP contribution in [0.2, 0.25) is 0 Å². The highest BCUT2D eigenvalue weighted by molar-refractivity contribution is 5.83. The molecule has 2 N–H and O–H groups in total. The van der Waals surface area contributed by atoms with Gasteiger partial charge >= 0.3 is 0 Å². The Hall–Kier alpha value is -3.38. The Labute approximate surface area is 181 Å². The molecular weight excluding hydrogens is 388 g/mol. The minimum atomic E-state index is -0.513. The summed E-state index contributed by atoms with van der Waals surface area (Å²) in [5.74, 6) is 0.812. The first-order valence-corrected chi connectivity index (χ1v) is 10.7. The van der Waals surface area contributed by atoms with E-state index in [0.717, 1.165) is 42.0 Å². The van der Waals surface area contributed by atoms with Gasteiger partial charge < -0.3 is 14.8 Å². The number of carbonyl (C=O) groups is 1. The Bertz CT molecular complexity index is 1200. The molecule has 0 spiro atoms. The molecule has 0 bridgehead atoms. The van der Waals surface area contributed by atoms with Gasteiger partial charge in [0.1, 0.15) is 11.5 Å². The van der Waals surface area contributed by atoms with Crippen molar-refractivity contribution < 1.29 is 9.32 Å². The summed E-state index contributed by atoms with van der Waals surface area (Å²) in [5, 5.41) is 8.32. The molecule has 158 valence electrons. The van der Waals surface area contributed by atoms with Crippen LogP contribution in [0.25, 0.3) is 22.2 Å². The molecule has 1 aliphatic heterocycles. The topological polar surface area (TPSA) is 74.2 Å². The van der Waals surface area contributed by atoms with Crippen LogP contribution in [0.1, 0.15) is 17.7 Å². The van der Waals surface area contributed by atoms with Gasteiger partial charge in [0.15, 0.2) is 0 Å². The number of carbonyl (C=O) groups excluding carboxylic acids is 1. The maximum absolute atomic E-state index is 13.0. The summed E-state index contributed by atoms with van der Waals surface area (Å²) >= 11 is 0. The molecule has 2 aromatic heterocycles. The minimum absolute atomic E-state index is 0.0637. The number of H-pyrrole nitrogens is 1. The van der Waals surface area contributed by atoms with E-state index in [4.69, 9.17) is 4.52 Å². The number of likely N-dealkylation sites (tertiary alicyclic amines) is 1. The number of hydrogen-bond donors (Lipinski definition) is 2. The van der Waals surface area contributed by atoms with Gasteiger partial charge in [0, 0.05) is 49.9 Å². The van der Waals surface area contributed by atoms with Gasteiger partial charge in [-0.1, -0.05) is 41.6 Å². The van der Waals surface area contributed by atoms with Crippen LogP contribution in [-0.2, 0) is 17.8 Å². The Balaban J connectivity index is 1.33. The van der Waals surface area contributed by atoms with Crippen LogP contribution in [0.15, 0.2) is 71.4 Å². The number of fused-ring (bicyclic) bond motifs is 1. The van der Waals surface area contributed by atoms with Crippen LogP contribution in [-0.4, -0.2) is 41.1 Å². The number of rotatable bonds is 6. The minimum Gasteiger partial charge on any atom is -0.361 e. The highest BCUT2D eigenvalue weighted by Gasteiger charge is 2.45. The molecule has 4 aromatic rings. The summed E-state index contributed by atoms with van der Waals surface area (Å²) in [5.41, 5.74) is 3.70. The van der Waals surface area contributed by atoms with E-state index in [1.54, 1.807) is 7.05 Å². The summed E-state index contributed by atoms with van der Waals surface area (Å²) in [4.78, 5) is 18.5. The summed E-state index contributed by atoms with van der Waals surface area (Å²) in [7, 11) is 1.71. The maximum Gasteiger partial charge on any atom is 0.227 e. The highest BCUT2D eigenvalue weighted by atomic mass is 16.5. The van der Waals surface area contributed by atoms with Crippen molar-refractivity contribution in [3.05, 3.63) is 78.2 Å². The summed E-state index contributed by atoms with van der Waals surface area (Å²) in [6.45, 7) is 2.39. The van der Waals surface area contributed by atoms with E-state index < -0.39 is 5.41 Å². The lowest BCUT2D eigenvalue weighted by molar-refractivity contribution is -0.130. The van der Waals surface area contributed by atoms with Gasteiger partial charge in [0.05, 0.1) is 5.41 Å². The van der Waals surface area contributed by atoms with Gasteiger partial charge in [0.2, 0.25) is 5.91 Å². The summed E-state index contributed by atoms with van der Waals surface area (Å²) in [6, 6.07) is 20.5. The van der Waals surface area contributed by atoms with E-state index in [-0.39, 0.29) is 5.91 Å². The number of hydrogen-bond acceptors (Lipinski definition) is 4. The third-order valence-electron chi connectivity index (χ3n) is 6.31. The van der Waals surface area contributed by atoms with Crippen molar-refractivity contribution in [1.29, 1.82) is 0 Å². The molecule has 2 aromatic carbocycles. The fourth-order valence-corrected chi connectivity index (χ4v) is 4.70. The number of benzene rings is 2. The standard InChI is InChI=1S/C25H26N4O2/c1-26-24(30)25(15-21-14-23(28-31-21)19-5-3-2-4-6-19)10-12-29(17-25)16-18-7-8-22-20(13-18)9-11-27-22/h2-9,11,13-14,27H,10,12,15-17H2,1H3,(H,26,30). The largest absolute Gasteiger partial charge is 0.361 e. The molecule has 0 radical (unpaired) electrons. The Morgan fingerprint density at radius 1 is 1.19 bits per heavy atom. The van der Waals surface area contributed by atoms with Crippen molar-refractivity contribution in [3.8, 4) is 11.3 Å². The van der Waals surface area contributed by atoms with Gasteiger partial charge in [-0.25, -0.2) is 0 Å². The lowest BCUT2D eigenvalue weighted by atomic mass is 9.81. The van der Waals surface area contributed by atoms with E-state index in [0.29, 0.717) is 13.0 Å². The first-order valence-electron chi connectivity index (χ1n) is 10.7. The zero-order chi connectivity index (χ0) is 21.3. The van der Waals surface area contributed by atoms with Crippen molar-refractivity contribution in [3.63, 3.8) is 0 Å². The molecule has 6 heteroatoms. The molecule has 31 heavy (non-hydrogen) atoms. The van der Waals surface area contributed by atoms with Gasteiger partial charge in [-0.15, -0.1) is 0 Å². The van der Waals surface area contributed by atoms with Crippen molar-refractivity contribution in [2.24, 2.45) is 5.41 Å². The van der Waals surface area contributed by atoms with Gasteiger partial charge in [-0.05, 0) is 42.1 Å². The molecule has 0 saturated carbocycles. The summed E-state index contributed by atoms with van der Waals surface area (Å²) < 4.78 is 5.64. The molecule has 1 unspecified atom stereocenters. The molecule has 1 aliphatic rings. The SMILES string of the molecule is CNC(=O)C1(Cc2cc(-c3ccccc3)no2)CCN(Cc2ccc3[nH]ccc3c2)C1.